The maximum absolute atomic E-state index is 7.86. The van der Waals surface area contributed by atoms with Crippen molar-refractivity contribution in [1.29, 1.82) is 0 Å². The number of hydrogen-bond acceptors (Lipinski definition) is 1. The molecule has 1 nitrogen and oxygen atoms in total. The molecular formula is C3H5BrO. The largest absolute Gasteiger partial charge is 0.516 e. The van der Waals surface area contributed by atoms with Crippen LogP contribution < -0.4 is 0 Å². The molecular weight excluding hydrogens is 132 g/mol. The van der Waals surface area contributed by atoms with E-state index in [0.717, 1.165) is 11.6 Å². The maximum Gasteiger partial charge on any atom is 0.0760 e. The predicted octanol–water partition coefficient (Wildman–Crippen LogP) is 1.45. The number of aliphatic hydroxyl groups is 1. The van der Waals surface area contributed by atoms with Crippen molar-refractivity contribution in [2.75, 3.05) is 5.33 Å². The molecule has 0 atom stereocenters. The van der Waals surface area contributed by atoms with Crippen LogP contribution in [0.5, 0.6) is 0 Å². The number of hydrogen-bond donors (Lipinski definition) is 1. The van der Waals surface area contributed by atoms with Crippen molar-refractivity contribution < 1.29 is 5.11 Å². The second-order valence-electron chi connectivity index (χ2n) is 0.539. The van der Waals surface area contributed by atoms with Gasteiger partial charge in [-0.05, 0) is 6.08 Å². The molecule has 1 N–H and O–H groups in total. The average molecular weight is 137 g/mol. The van der Waals surface area contributed by atoms with Crippen molar-refractivity contribution in [3.63, 3.8) is 0 Å². The van der Waals surface area contributed by atoms with E-state index in [9.17, 15) is 0 Å². The molecule has 0 unspecified atom stereocenters. The molecule has 0 saturated carbocycles. The highest BCUT2D eigenvalue weighted by Crippen LogP contribution is 1.76. The van der Waals surface area contributed by atoms with E-state index in [1.54, 1.807) is 6.08 Å². The third-order valence-corrected chi connectivity index (χ3v) is 0.568. The number of alkyl halides is 1. The quantitative estimate of drug-likeness (QED) is 0.428. The second-order valence-corrected chi connectivity index (χ2v) is 1.19. The first kappa shape index (κ1) is 5.02. The van der Waals surface area contributed by atoms with Crippen LogP contribution in [-0.4, -0.2) is 10.4 Å². The lowest BCUT2D eigenvalue weighted by Crippen LogP contribution is -1.53. The molecule has 30 valence electrons. The molecule has 0 amide bonds. The Hall–Kier alpha value is 0.0200. The molecule has 0 aromatic heterocycles. The minimum Gasteiger partial charge on any atom is -0.516 e. The van der Waals surface area contributed by atoms with Gasteiger partial charge in [0, 0.05) is 5.33 Å². The molecule has 5 heavy (non-hydrogen) atoms. The van der Waals surface area contributed by atoms with Gasteiger partial charge in [-0.1, -0.05) is 15.9 Å². The molecule has 2 heteroatoms. The Balaban J connectivity index is 2.62. The Labute approximate surface area is 39.4 Å². The van der Waals surface area contributed by atoms with Crippen LogP contribution in [0.1, 0.15) is 0 Å². The minimum absolute atomic E-state index is 0.726. The smallest absolute Gasteiger partial charge is 0.0760 e. The zero-order valence-electron chi connectivity index (χ0n) is 2.69. The zero-order chi connectivity index (χ0) is 4.12. The van der Waals surface area contributed by atoms with Crippen LogP contribution in [0.2, 0.25) is 0 Å². The van der Waals surface area contributed by atoms with Gasteiger partial charge in [-0.15, -0.1) is 0 Å². The van der Waals surface area contributed by atoms with Gasteiger partial charge < -0.3 is 5.11 Å². The number of halogens is 1. The molecule has 0 aromatic carbocycles. The fourth-order valence-corrected chi connectivity index (χ4v) is 0.207. The van der Waals surface area contributed by atoms with E-state index < -0.39 is 0 Å². The van der Waals surface area contributed by atoms with E-state index >= 15 is 0 Å². The molecule has 0 rings (SSSR count). The summed E-state index contributed by atoms with van der Waals surface area (Å²) in [6.07, 6.45) is 2.61. The fraction of sp³-hybridized carbons (Fsp3) is 0.333. The number of rotatable bonds is 1. The van der Waals surface area contributed by atoms with Gasteiger partial charge in [0.2, 0.25) is 0 Å². The summed E-state index contributed by atoms with van der Waals surface area (Å²) in [7, 11) is 0. The zero-order valence-corrected chi connectivity index (χ0v) is 4.27. The highest BCUT2D eigenvalue weighted by Gasteiger charge is 1.55. The van der Waals surface area contributed by atoms with E-state index in [1.165, 1.54) is 0 Å². The predicted molar refractivity (Wildman–Crippen MR) is 25.6 cm³/mol. The summed E-state index contributed by atoms with van der Waals surface area (Å²) in [5.41, 5.74) is 0. The van der Waals surface area contributed by atoms with Crippen LogP contribution in [0, 0.1) is 0 Å². The first-order valence-electron chi connectivity index (χ1n) is 1.27. The normalized spacial score (nSPS) is 9.80. The topological polar surface area (TPSA) is 20.2 Å². The summed E-state index contributed by atoms with van der Waals surface area (Å²) in [5.74, 6) is 0. The van der Waals surface area contributed by atoms with Crippen molar-refractivity contribution in [2.24, 2.45) is 0 Å². The Morgan fingerprint density at radius 3 is 2.40 bits per heavy atom. The Bertz CT molecular complexity index is 33.9. The summed E-state index contributed by atoms with van der Waals surface area (Å²) in [6.45, 7) is 0. The average Bonchev–Trinajstić information content (AvgIpc) is 1.41. The molecule has 0 bridgehead atoms. The van der Waals surface area contributed by atoms with Crippen molar-refractivity contribution in [3.05, 3.63) is 12.3 Å². The summed E-state index contributed by atoms with van der Waals surface area (Å²) in [5, 5.41) is 8.58. The third-order valence-electron chi connectivity index (χ3n) is 0.194. The number of allylic oxidation sites excluding steroid dienone is 1. The van der Waals surface area contributed by atoms with E-state index in [4.69, 9.17) is 5.11 Å². The van der Waals surface area contributed by atoms with Crippen molar-refractivity contribution in [2.45, 2.75) is 0 Å². The molecule has 0 aliphatic carbocycles. The van der Waals surface area contributed by atoms with E-state index in [2.05, 4.69) is 15.9 Å². The lowest BCUT2D eigenvalue weighted by molar-refractivity contribution is 0.473. The summed E-state index contributed by atoms with van der Waals surface area (Å²) < 4.78 is 0. The number of aliphatic hydroxyl groups excluding tert-OH is 1. The summed E-state index contributed by atoms with van der Waals surface area (Å²) in [6, 6.07) is 0. The standard InChI is InChI=1S/C3H5BrO/c4-2-1-3-5/h1,3,5H,2H2/b3-1-. The first-order chi connectivity index (χ1) is 2.41. The molecule has 0 aliphatic rings. The lowest BCUT2D eigenvalue weighted by atomic mass is 10.7. The second kappa shape index (κ2) is 4.02. The van der Waals surface area contributed by atoms with Crippen molar-refractivity contribution in [1.82, 2.24) is 0 Å². The van der Waals surface area contributed by atoms with Gasteiger partial charge in [0.15, 0.2) is 0 Å². The van der Waals surface area contributed by atoms with Crippen LogP contribution in [0.4, 0.5) is 0 Å². The fourth-order valence-electron chi connectivity index (χ4n) is 0.0398. The van der Waals surface area contributed by atoms with Gasteiger partial charge in [0.1, 0.15) is 0 Å². The SMILES string of the molecule is O/C=C\CBr. The lowest BCUT2D eigenvalue weighted by Gasteiger charge is -1.64. The van der Waals surface area contributed by atoms with Crippen LogP contribution in [0.3, 0.4) is 0 Å². The molecule has 0 saturated heterocycles. The Morgan fingerprint density at radius 1 is 1.80 bits per heavy atom. The monoisotopic (exact) mass is 136 g/mol. The van der Waals surface area contributed by atoms with Crippen LogP contribution >= 0.6 is 15.9 Å². The van der Waals surface area contributed by atoms with Crippen molar-refractivity contribution in [3.8, 4) is 0 Å². The summed E-state index contributed by atoms with van der Waals surface area (Å²) >= 11 is 3.06. The molecule has 0 aliphatic heterocycles. The maximum atomic E-state index is 7.86. The summed E-state index contributed by atoms with van der Waals surface area (Å²) in [4.78, 5) is 0. The van der Waals surface area contributed by atoms with Gasteiger partial charge >= 0.3 is 0 Å². The van der Waals surface area contributed by atoms with Gasteiger partial charge in [0.25, 0.3) is 0 Å². The van der Waals surface area contributed by atoms with Gasteiger partial charge in [0.05, 0.1) is 6.26 Å². The molecule has 0 fully saturated rings. The van der Waals surface area contributed by atoms with Crippen LogP contribution in [0.25, 0.3) is 0 Å². The third kappa shape index (κ3) is 4.02. The van der Waals surface area contributed by atoms with Crippen molar-refractivity contribution >= 4 is 15.9 Å². The first-order valence-corrected chi connectivity index (χ1v) is 2.39. The highest BCUT2D eigenvalue weighted by atomic mass is 79.9. The van der Waals surface area contributed by atoms with Crippen LogP contribution in [0.15, 0.2) is 12.3 Å². The highest BCUT2D eigenvalue weighted by molar-refractivity contribution is 9.09. The minimum atomic E-state index is 0.726. The molecule has 0 aromatic rings. The molecule has 0 spiro atoms. The Kier molecular flexibility index (Phi) is 4.04. The molecule has 0 radical (unpaired) electrons. The van der Waals surface area contributed by atoms with Gasteiger partial charge in [-0.2, -0.15) is 0 Å². The molecule has 0 heterocycles. The van der Waals surface area contributed by atoms with E-state index in [0.29, 0.717) is 0 Å². The van der Waals surface area contributed by atoms with E-state index in [-0.39, 0.29) is 0 Å². The van der Waals surface area contributed by atoms with Crippen LogP contribution in [-0.2, 0) is 0 Å². The Morgan fingerprint density at radius 2 is 2.40 bits per heavy atom. The van der Waals surface area contributed by atoms with Gasteiger partial charge in [-0.25, -0.2) is 0 Å². The van der Waals surface area contributed by atoms with Gasteiger partial charge in [-0.3, -0.25) is 0 Å². The van der Waals surface area contributed by atoms with E-state index in [1.807, 2.05) is 0 Å².